The van der Waals surface area contributed by atoms with Gasteiger partial charge in [0.2, 0.25) is 0 Å². The molecule has 15 heavy (non-hydrogen) atoms. The van der Waals surface area contributed by atoms with E-state index >= 15 is 0 Å². The van der Waals surface area contributed by atoms with Gasteiger partial charge in [-0.2, -0.15) is 0 Å². The second-order valence-electron chi connectivity index (χ2n) is 3.97. The van der Waals surface area contributed by atoms with E-state index < -0.39 is 0 Å². The molecular weight excluding hydrogens is 252 g/mol. The molecule has 0 heterocycles. The van der Waals surface area contributed by atoms with Crippen molar-refractivity contribution in [1.29, 1.82) is 0 Å². The number of unbranched alkanes of at least 4 members (excludes halogenated alkanes) is 1. The summed E-state index contributed by atoms with van der Waals surface area (Å²) in [6.45, 7) is 5.21. The van der Waals surface area contributed by atoms with Crippen LogP contribution in [0.5, 0.6) is 5.75 Å². The first-order valence-electron chi connectivity index (χ1n) is 5.52. The van der Waals surface area contributed by atoms with Crippen LogP contribution >= 0.6 is 15.9 Å². The van der Waals surface area contributed by atoms with Crippen LogP contribution in [0.25, 0.3) is 0 Å². The summed E-state index contributed by atoms with van der Waals surface area (Å²) in [6.07, 6.45) is 2.28. The minimum atomic E-state index is 0.566. The molecule has 1 rings (SSSR count). The molecule has 0 radical (unpaired) electrons. The van der Waals surface area contributed by atoms with Crippen LogP contribution in [0.1, 0.15) is 38.2 Å². The van der Waals surface area contributed by atoms with Crippen molar-refractivity contribution in [1.82, 2.24) is 0 Å². The molecule has 1 aromatic carbocycles. The van der Waals surface area contributed by atoms with Crippen molar-refractivity contribution in [2.75, 3.05) is 11.9 Å². The SMILES string of the molecule is CC(C)c1cccc(OCCCCBr)c1. The van der Waals surface area contributed by atoms with Crippen molar-refractivity contribution in [3.8, 4) is 5.75 Å². The van der Waals surface area contributed by atoms with E-state index in [1.165, 1.54) is 12.0 Å². The van der Waals surface area contributed by atoms with E-state index in [9.17, 15) is 0 Å². The largest absolute Gasteiger partial charge is 0.494 e. The van der Waals surface area contributed by atoms with Gasteiger partial charge in [0.25, 0.3) is 0 Å². The Labute approximate surface area is 101 Å². The molecule has 0 aliphatic heterocycles. The van der Waals surface area contributed by atoms with Gasteiger partial charge >= 0.3 is 0 Å². The second kappa shape index (κ2) is 6.89. The Morgan fingerprint density at radius 2 is 2.07 bits per heavy atom. The maximum absolute atomic E-state index is 5.68. The summed E-state index contributed by atoms with van der Waals surface area (Å²) in [6, 6.07) is 8.38. The van der Waals surface area contributed by atoms with Crippen molar-refractivity contribution in [3.05, 3.63) is 29.8 Å². The zero-order valence-electron chi connectivity index (χ0n) is 9.50. The molecule has 0 N–H and O–H groups in total. The van der Waals surface area contributed by atoms with Crippen LogP contribution in [0.4, 0.5) is 0 Å². The number of hydrogen-bond acceptors (Lipinski definition) is 1. The van der Waals surface area contributed by atoms with Crippen LogP contribution in [0, 0.1) is 0 Å². The first kappa shape index (κ1) is 12.6. The van der Waals surface area contributed by atoms with E-state index in [2.05, 4.69) is 48.0 Å². The van der Waals surface area contributed by atoms with E-state index in [1.54, 1.807) is 0 Å². The minimum Gasteiger partial charge on any atom is -0.494 e. The first-order valence-corrected chi connectivity index (χ1v) is 6.65. The maximum Gasteiger partial charge on any atom is 0.119 e. The third kappa shape index (κ3) is 4.70. The van der Waals surface area contributed by atoms with Crippen LogP contribution < -0.4 is 4.74 Å². The molecule has 0 aliphatic rings. The average molecular weight is 271 g/mol. The highest BCUT2D eigenvalue weighted by Crippen LogP contribution is 2.20. The molecule has 0 atom stereocenters. The van der Waals surface area contributed by atoms with Crippen molar-refractivity contribution < 1.29 is 4.74 Å². The molecular formula is C13H19BrO. The number of ether oxygens (including phenoxy) is 1. The van der Waals surface area contributed by atoms with Gasteiger partial charge in [-0.05, 0) is 36.5 Å². The molecule has 0 spiro atoms. The normalized spacial score (nSPS) is 10.7. The second-order valence-corrected chi connectivity index (χ2v) is 4.76. The molecule has 1 aromatic rings. The Morgan fingerprint density at radius 3 is 2.73 bits per heavy atom. The summed E-state index contributed by atoms with van der Waals surface area (Å²) in [5, 5.41) is 1.06. The Bertz CT molecular complexity index is 284. The van der Waals surface area contributed by atoms with Crippen LogP contribution in [0.3, 0.4) is 0 Å². The molecule has 2 heteroatoms. The summed E-state index contributed by atoms with van der Waals surface area (Å²) in [4.78, 5) is 0. The fraction of sp³-hybridized carbons (Fsp3) is 0.538. The Kier molecular flexibility index (Phi) is 5.77. The summed E-state index contributed by atoms with van der Waals surface area (Å²) < 4.78 is 5.68. The van der Waals surface area contributed by atoms with Crippen molar-refractivity contribution in [3.63, 3.8) is 0 Å². The van der Waals surface area contributed by atoms with Crippen LogP contribution in [0.15, 0.2) is 24.3 Å². The Balaban J connectivity index is 2.43. The predicted molar refractivity (Wildman–Crippen MR) is 69.1 cm³/mol. The molecule has 0 fully saturated rings. The Hall–Kier alpha value is -0.500. The van der Waals surface area contributed by atoms with Gasteiger partial charge in [0.1, 0.15) is 5.75 Å². The zero-order chi connectivity index (χ0) is 11.1. The zero-order valence-corrected chi connectivity index (χ0v) is 11.1. The fourth-order valence-electron chi connectivity index (χ4n) is 1.35. The molecule has 0 aromatic heterocycles. The lowest BCUT2D eigenvalue weighted by Gasteiger charge is -2.09. The lowest BCUT2D eigenvalue weighted by molar-refractivity contribution is 0.309. The third-order valence-corrected chi connectivity index (χ3v) is 2.88. The highest BCUT2D eigenvalue weighted by Gasteiger charge is 2.00. The summed E-state index contributed by atoms with van der Waals surface area (Å²) in [5.41, 5.74) is 1.34. The number of hydrogen-bond donors (Lipinski definition) is 0. The highest BCUT2D eigenvalue weighted by atomic mass is 79.9. The number of alkyl halides is 1. The fourth-order valence-corrected chi connectivity index (χ4v) is 1.75. The van der Waals surface area contributed by atoms with Crippen molar-refractivity contribution in [2.24, 2.45) is 0 Å². The van der Waals surface area contributed by atoms with Crippen molar-refractivity contribution in [2.45, 2.75) is 32.6 Å². The highest BCUT2D eigenvalue weighted by molar-refractivity contribution is 9.09. The van der Waals surface area contributed by atoms with Gasteiger partial charge in [0.15, 0.2) is 0 Å². The smallest absolute Gasteiger partial charge is 0.119 e. The van der Waals surface area contributed by atoms with E-state index in [1.807, 2.05) is 6.07 Å². The van der Waals surface area contributed by atoms with E-state index in [0.29, 0.717) is 5.92 Å². The van der Waals surface area contributed by atoms with Gasteiger partial charge in [0, 0.05) is 5.33 Å². The van der Waals surface area contributed by atoms with Gasteiger partial charge in [0.05, 0.1) is 6.61 Å². The van der Waals surface area contributed by atoms with Gasteiger partial charge < -0.3 is 4.74 Å². The molecule has 0 unspecified atom stereocenters. The van der Waals surface area contributed by atoms with Gasteiger partial charge in [-0.25, -0.2) is 0 Å². The van der Waals surface area contributed by atoms with Gasteiger partial charge in [-0.1, -0.05) is 41.9 Å². The maximum atomic E-state index is 5.68. The van der Waals surface area contributed by atoms with Gasteiger partial charge in [-0.15, -0.1) is 0 Å². The van der Waals surface area contributed by atoms with E-state index in [4.69, 9.17) is 4.74 Å². The third-order valence-electron chi connectivity index (χ3n) is 2.32. The van der Waals surface area contributed by atoms with Crippen LogP contribution in [0.2, 0.25) is 0 Å². The number of halogens is 1. The number of benzene rings is 1. The Morgan fingerprint density at radius 1 is 1.27 bits per heavy atom. The lowest BCUT2D eigenvalue weighted by Crippen LogP contribution is -1.98. The lowest BCUT2D eigenvalue weighted by atomic mass is 10.0. The quantitative estimate of drug-likeness (QED) is 0.551. The van der Waals surface area contributed by atoms with Crippen LogP contribution in [-0.2, 0) is 0 Å². The minimum absolute atomic E-state index is 0.566. The molecule has 0 saturated carbocycles. The average Bonchev–Trinajstić information content (AvgIpc) is 2.25. The predicted octanol–water partition coefficient (Wildman–Crippen LogP) is 4.36. The molecule has 0 saturated heterocycles. The van der Waals surface area contributed by atoms with Crippen molar-refractivity contribution >= 4 is 15.9 Å². The molecule has 0 bridgehead atoms. The monoisotopic (exact) mass is 270 g/mol. The molecule has 0 aliphatic carbocycles. The van der Waals surface area contributed by atoms with E-state index in [-0.39, 0.29) is 0 Å². The molecule has 0 amide bonds. The standard InChI is InChI=1S/C13H19BrO/c1-11(2)12-6-5-7-13(10-12)15-9-4-3-8-14/h5-7,10-11H,3-4,8-9H2,1-2H3. The first-order chi connectivity index (χ1) is 7.24. The summed E-state index contributed by atoms with van der Waals surface area (Å²) in [7, 11) is 0. The van der Waals surface area contributed by atoms with Crippen LogP contribution in [-0.4, -0.2) is 11.9 Å². The topological polar surface area (TPSA) is 9.23 Å². The number of rotatable bonds is 6. The van der Waals surface area contributed by atoms with E-state index in [0.717, 1.165) is 24.1 Å². The van der Waals surface area contributed by atoms with Gasteiger partial charge in [-0.3, -0.25) is 0 Å². The molecule has 84 valence electrons. The summed E-state index contributed by atoms with van der Waals surface area (Å²) in [5.74, 6) is 1.56. The molecule has 1 nitrogen and oxygen atoms in total. The summed E-state index contributed by atoms with van der Waals surface area (Å²) >= 11 is 3.41.